The van der Waals surface area contributed by atoms with E-state index < -0.39 is 0 Å². The minimum Gasteiger partial charge on any atom is -0.474 e. The summed E-state index contributed by atoms with van der Waals surface area (Å²) in [5, 5.41) is 3.27. The third kappa shape index (κ3) is 5.74. The summed E-state index contributed by atoms with van der Waals surface area (Å²) in [6.07, 6.45) is 1.16. The number of aromatic nitrogens is 2. The number of anilines is 1. The van der Waals surface area contributed by atoms with Gasteiger partial charge in [-0.2, -0.15) is 4.98 Å². The zero-order valence-electron chi connectivity index (χ0n) is 13.3. The van der Waals surface area contributed by atoms with Crippen LogP contribution in [0.1, 0.15) is 46.9 Å². The number of nitrogens with one attached hydrogen (secondary N) is 1. The van der Waals surface area contributed by atoms with Crippen LogP contribution in [-0.2, 0) is 11.3 Å². The fraction of sp³-hybridized carbons (Fsp3) is 0.733. The number of nitrogens with zero attached hydrogens (tertiary/aromatic N) is 2. The van der Waals surface area contributed by atoms with Crippen molar-refractivity contribution in [3.8, 4) is 5.88 Å². The lowest BCUT2D eigenvalue weighted by Crippen LogP contribution is -2.20. The predicted octanol–water partition coefficient (Wildman–Crippen LogP) is 3.26. The molecule has 1 heterocycles. The molecule has 0 saturated carbocycles. The third-order valence-corrected chi connectivity index (χ3v) is 2.99. The molecule has 1 unspecified atom stereocenters. The van der Waals surface area contributed by atoms with Gasteiger partial charge in [-0.15, -0.1) is 0 Å². The van der Waals surface area contributed by atoms with Crippen molar-refractivity contribution in [2.24, 2.45) is 5.92 Å². The Bertz CT molecular complexity index is 370. The van der Waals surface area contributed by atoms with Crippen LogP contribution < -0.4 is 10.1 Å². The maximum atomic E-state index is 5.87. The van der Waals surface area contributed by atoms with Crippen molar-refractivity contribution in [3.05, 3.63) is 11.9 Å². The summed E-state index contributed by atoms with van der Waals surface area (Å²) in [5.74, 6) is 2.49. The van der Waals surface area contributed by atoms with Crippen molar-refractivity contribution in [3.63, 3.8) is 0 Å². The van der Waals surface area contributed by atoms with Crippen LogP contribution in [0.15, 0.2) is 6.07 Å². The van der Waals surface area contributed by atoms with Crippen molar-refractivity contribution in [2.75, 3.05) is 18.5 Å². The van der Waals surface area contributed by atoms with Gasteiger partial charge in [0.2, 0.25) is 5.88 Å². The third-order valence-electron chi connectivity index (χ3n) is 2.99. The largest absolute Gasteiger partial charge is 0.474 e. The highest BCUT2D eigenvalue weighted by atomic mass is 16.5. The monoisotopic (exact) mass is 281 g/mol. The highest BCUT2D eigenvalue weighted by molar-refractivity contribution is 5.38. The molecule has 0 spiro atoms. The van der Waals surface area contributed by atoms with Crippen molar-refractivity contribution in [2.45, 2.75) is 53.8 Å². The predicted molar refractivity (Wildman–Crippen MR) is 81.1 cm³/mol. The first kappa shape index (κ1) is 16.7. The summed E-state index contributed by atoms with van der Waals surface area (Å²) < 4.78 is 11.2. The fourth-order valence-corrected chi connectivity index (χ4v) is 1.46. The highest BCUT2D eigenvalue weighted by Crippen LogP contribution is 2.18. The van der Waals surface area contributed by atoms with Crippen LogP contribution in [0.3, 0.4) is 0 Å². The van der Waals surface area contributed by atoms with Crippen LogP contribution >= 0.6 is 0 Å². The number of hydrogen-bond donors (Lipinski definition) is 1. The van der Waals surface area contributed by atoms with Gasteiger partial charge in [0.25, 0.3) is 0 Å². The van der Waals surface area contributed by atoms with Gasteiger partial charge in [0.1, 0.15) is 12.4 Å². The van der Waals surface area contributed by atoms with E-state index >= 15 is 0 Å². The molecule has 0 aliphatic heterocycles. The van der Waals surface area contributed by atoms with Gasteiger partial charge in [0.05, 0.1) is 6.10 Å². The molecule has 0 aliphatic rings. The van der Waals surface area contributed by atoms with E-state index in [1.807, 2.05) is 19.9 Å². The number of rotatable bonds is 9. The summed E-state index contributed by atoms with van der Waals surface area (Å²) in [4.78, 5) is 8.84. The smallest absolute Gasteiger partial charge is 0.219 e. The number of hydrogen-bond acceptors (Lipinski definition) is 5. The minimum atomic E-state index is 0.115. The standard InChI is InChI=1S/C15H27N3O2/c1-6-8-16-13-9-15(20-12(5)11(3)4)18-14(17-13)10-19-7-2/h9,11-12H,6-8,10H2,1-5H3,(H,16,17,18). The van der Waals surface area contributed by atoms with Crippen molar-refractivity contribution in [1.29, 1.82) is 0 Å². The molecule has 114 valence electrons. The van der Waals surface area contributed by atoms with Crippen LogP contribution in [0.4, 0.5) is 5.82 Å². The normalized spacial score (nSPS) is 12.5. The van der Waals surface area contributed by atoms with Crippen molar-refractivity contribution in [1.82, 2.24) is 9.97 Å². The molecule has 1 N–H and O–H groups in total. The Morgan fingerprint density at radius 2 is 1.95 bits per heavy atom. The lowest BCUT2D eigenvalue weighted by molar-refractivity contribution is 0.125. The summed E-state index contributed by atoms with van der Waals surface area (Å²) in [5.41, 5.74) is 0. The van der Waals surface area contributed by atoms with E-state index in [4.69, 9.17) is 9.47 Å². The van der Waals surface area contributed by atoms with Gasteiger partial charge in [0, 0.05) is 19.2 Å². The Hall–Kier alpha value is -1.36. The molecule has 1 atom stereocenters. The lowest BCUT2D eigenvalue weighted by Gasteiger charge is -2.18. The molecule has 0 amide bonds. The van der Waals surface area contributed by atoms with E-state index in [9.17, 15) is 0 Å². The Morgan fingerprint density at radius 3 is 2.55 bits per heavy atom. The van der Waals surface area contributed by atoms with Gasteiger partial charge in [0.15, 0.2) is 5.82 Å². The first-order valence-corrected chi connectivity index (χ1v) is 7.43. The molecule has 0 bridgehead atoms. The molecule has 5 nitrogen and oxygen atoms in total. The Kier molecular flexibility index (Phi) is 7.30. The topological polar surface area (TPSA) is 56.3 Å². The van der Waals surface area contributed by atoms with E-state index in [0.717, 1.165) is 18.8 Å². The van der Waals surface area contributed by atoms with Crippen LogP contribution in [0, 0.1) is 5.92 Å². The van der Waals surface area contributed by atoms with E-state index in [1.165, 1.54) is 0 Å². The van der Waals surface area contributed by atoms with Gasteiger partial charge >= 0.3 is 0 Å². The molecule has 5 heteroatoms. The van der Waals surface area contributed by atoms with Crippen LogP contribution in [0.25, 0.3) is 0 Å². The van der Waals surface area contributed by atoms with Gasteiger partial charge in [-0.25, -0.2) is 4.98 Å². The average molecular weight is 281 g/mol. The molecule has 1 aromatic rings. The van der Waals surface area contributed by atoms with Gasteiger partial charge in [-0.3, -0.25) is 0 Å². The molecular formula is C15H27N3O2. The Balaban J connectivity index is 2.84. The second-order valence-electron chi connectivity index (χ2n) is 5.14. The summed E-state index contributed by atoms with van der Waals surface area (Å²) in [6, 6.07) is 1.85. The van der Waals surface area contributed by atoms with E-state index in [-0.39, 0.29) is 6.10 Å². The van der Waals surface area contributed by atoms with E-state index in [1.54, 1.807) is 0 Å². The second kappa shape index (κ2) is 8.74. The Morgan fingerprint density at radius 1 is 1.20 bits per heavy atom. The maximum absolute atomic E-state index is 5.87. The number of ether oxygens (including phenoxy) is 2. The lowest BCUT2D eigenvalue weighted by atomic mass is 10.1. The zero-order valence-corrected chi connectivity index (χ0v) is 13.3. The van der Waals surface area contributed by atoms with E-state index in [0.29, 0.717) is 30.8 Å². The Labute approximate surface area is 122 Å². The maximum Gasteiger partial charge on any atom is 0.219 e. The summed E-state index contributed by atoms with van der Waals surface area (Å²) in [6.45, 7) is 12.3. The quantitative estimate of drug-likeness (QED) is 0.753. The first-order valence-electron chi connectivity index (χ1n) is 7.43. The van der Waals surface area contributed by atoms with Gasteiger partial charge in [-0.1, -0.05) is 20.8 Å². The molecule has 0 saturated heterocycles. The van der Waals surface area contributed by atoms with Crippen LogP contribution in [0.2, 0.25) is 0 Å². The van der Waals surface area contributed by atoms with Gasteiger partial charge < -0.3 is 14.8 Å². The fourth-order valence-electron chi connectivity index (χ4n) is 1.46. The first-order chi connectivity index (χ1) is 9.56. The van der Waals surface area contributed by atoms with Crippen molar-refractivity contribution < 1.29 is 9.47 Å². The molecule has 20 heavy (non-hydrogen) atoms. The van der Waals surface area contributed by atoms with E-state index in [2.05, 4.69) is 36.1 Å². The molecule has 1 aromatic heterocycles. The average Bonchev–Trinajstić information content (AvgIpc) is 2.42. The van der Waals surface area contributed by atoms with Crippen LogP contribution in [0.5, 0.6) is 5.88 Å². The molecular weight excluding hydrogens is 254 g/mol. The molecule has 1 rings (SSSR count). The minimum absolute atomic E-state index is 0.115. The molecule has 0 aliphatic carbocycles. The molecule has 0 aromatic carbocycles. The molecule has 0 fully saturated rings. The second-order valence-corrected chi connectivity index (χ2v) is 5.14. The zero-order chi connectivity index (χ0) is 15.0. The summed E-state index contributed by atoms with van der Waals surface area (Å²) >= 11 is 0. The molecule has 0 radical (unpaired) electrons. The summed E-state index contributed by atoms with van der Waals surface area (Å²) in [7, 11) is 0. The van der Waals surface area contributed by atoms with Crippen molar-refractivity contribution >= 4 is 5.82 Å². The van der Waals surface area contributed by atoms with Gasteiger partial charge in [-0.05, 0) is 26.2 Å². The van der Waals surface area contributed by atoms with Crippen LogP contribution in [-0.4, -0.2) is 29.2 Å². The SMILES string of the molecule is CCCNc1cc(OC(C)C(C)C)nc(COCC)n1. The highest BCUT2D eigenvalue weighted by Gasteiger charge is 2.12.